The van der Waals surface area contributed by atoms with Gasteiger partial charge in [-0.05, 0) is 26.4 Å². The van der Waals surface area contributed by atoms with Crippen LogP contribution in [0.1, 0.15) is 11.4 Å². The van der Waals surface area contributed by atoms with E-state index in [2.05, 4.69) is 36.2 Å². The van der Waals surface area contributed by atoms with Crippen LogP contribution in [0.4, 0.5) is 5.95 Å². The molecule has 0 bridgehead atoms. The molecular formula is C10H10N10. The van der Waals surface area contributed by atoms with Gasteiger partial charge >= 0.3 is 0 Å². The summed E-state index contributed by atoms with van der Waals surface area (Å²) in [5.74, 6) is 0.562. The Balaban J connectivity index is 1.80. The summed E-state index contributed by atoms with van der Waals surface area (Å²) in [7, 11) is 0. The Labute approximate surface area is 112 Å². The zero-order chi connectivity index (χ0) is 13.8. The smallest absolute Gasteiger partial charge is 0.263 e. The average Bonchev–Trinajstić information content (AvgIpc) is 3.07. The second-order valence-electron chi connectivity index (χ2n) is 3.85. The number of nitrogen functional groups attached to an aromatic ring is 1. The van der Waals surface area contributed by atoms with E-state index in [4.69, 9.17) is 5.73 Å². The maximum Gasteiger partial charge on any atom is 0.263 e. The monoisotopic (exact) mass is 270 g/mol. The maximum atomic E-state index is 5.50. The van der Waals surface area contributed by atoms with Crippen molar-refractivity contribution in [2.24, 2.45) is 5.10 Å². The van der Waals surface area contributed by atoms with Gasteiger partial charge < -0.3 is 5.73 Å². The molecule has 0 aliphatic carbocycles. The molecule has 0 atom stereocenters. The molecular weight excluding hydrogens is 260 g/mol. The first-order valence-corrected chi connectivity index (χ1v) is 5.71. The fourth-order valence-corrected chi connectivity index (χ4v) is 1.55. The molecule has 3 aromatic rings. The van der Waals surface area contributed by atoms with Gasteiger partial charge in [0.2, 0.25) is 0 Å². The minimum atomic E-state index is 0.0864. The summed E-state index contributed by atoms with van der Waals surface area (Å²) in [4.78, 5) is 1.08. The quantitative estimate of drug-likeness (QED) is 0.613. The van der Waals surface area contributed by atoms with Crippen LogP contribution >= 0.6 is 0 Å². The summed E-state index contributed by atoms with van der Waals surface area (Å²) in [6.45, 7) is 0.542. The number of aromatic nitrogens is 8. The minimum absolute atomic E-state index is 0.0864. The molecule has 0 spiro atoms. The second-order valence-corrected chi connectivity index (χ2v) is 3.85. The molecule has 0 amide bonds. The lowest BCUT2D eigenvalue weighted by Crippen LogP contribution is -2.08. The molecule has 100 valence electrons. The molecule has 10 heteroatoms. The first-order chi connectivity index (χ1) is 9.83. The molecule has 2 N–H and O–H groups in total. The molecule has 10 nitrogen and oxygen atoms in total. The highest BCUT2D eigenvalue weighted by atomic mass is 15.7. The molecule has 3 rings (SSSR count). The lowest BCUT2D eigenvalue weighted by atomic mass is 10.2. The maximum absolute atomic E-state index is 5.50. The summed E-state index contributed by atoms with van der Waals surface area (Å²) >= 11 is 0. The molecule has 1 aromatic carbocycles. The molecule has 0 unspecified atom stereocenters. The van der Waals surface area contributed by atoms with E-state index in [-0.39, 0.29) is 5.95 Å². The largest absolute Gasteiger partial charge is 0.365 e. The number of nitrogens with zero attached hydrogens (tertiary/aromatic N) is 9. The summed E-state index contributed by atoms with van der Waals surface area (Å²) < 4.78 is 1.61. The number of hydrogen-bond acceptors (Lipinski definition) is 8. The molecule has 0 aliphatic heterocycles. The van der Waals surface area contributed by atoms with E-state index in [0.29, 0.717) is 12.4 Å². The van der Waals surface area contributed by atoms with E-state index in [1.165, 1.54) is 6.21 Å². The van der Waals surface area contributed by atoms with Crippen molar-refractivity contribution in [3.05, 3.63) is 41.7 Å². The zero-order valence-electron chi connectivity index (χ0n) is 10.3. The van der Waals surface area contributed by atoms with Crippen molar-refractivity contribution in [2.45, 2.75) is 6.54 Å². The summed E-state index contributed by atoms with van der Waals surface area (Å²) in [5.41, 5.74) is 6.58. The highest BCUT2D eigenvalue weighted by Gasteiger charge is 2.05. The molecule has 2 aromatic heterocycles. The second kappa shape index (κ2) is 5.22. The Morgan fingerprint density at radius 3 is 2.65 bits per heavy atom. The number of tetrazole rings is 2. The van der Waals surface area contributed by atoms with E-state index in [9.17, 15) is 0 Å². The fourth-order valence-electron chi connectivity index (χ4n) is 1.55. The first kappa shape index (κ1) is 11.9. The van der Waals surface area contributed by atoms with Crippen molar-refractivity contribution in [3.63, 3.8) is 0 Å². The Morgan fingerprint density at radius 2 is 1.90 bits per heavy atom. The van der Waals surface area contributed by atoms with E-state index in [0.717, 1.165) is 10.4 Å². The van der Waals surface area contributed by atoms with Crippen LogP contribution in [0.25, 0.3) is 0 Å². The van der Waals surface area contributed by atoms with E-state index < -0.39 is 0 Å². The summed E-state index contributed by atoms with van der Waals surface area (Å²) in [6, 6.07) is 9.83. The lowest BCUT2D eigenvalue weighted by molar-refractivity contribution is 0.643. The van der Waals surface area contributed by atoms with Crippen molar-refractivity contribution in [3.8, 4) is 0 Å². The number of anilines is 1. The molecule has 0 saturated carbocycles. The van der Waals surface area contributed by atoms with Crippen molar-refractivity contribution in [2.75, 3.05) is 5.73 Å². The average molecular weight is 270 g/mol. The van der Waals surface area contributed by atoms with Crippen LogP contribution in [0, 0.1) is 0 Å². The predicted octanol–water partition coefficient (Wildman–Crippen LogP) is -0.828. The number of rotatable bonds is 4. The first-order valence-electron chi connectivity index (χ1n) is 5.71. The van der Waals surface area contributed by atoms with Gasteiger partial charge in [0.15, 0.2) is 5.82 Å². The molecule has 0 saturated heterocycles. The molecule has 0 aliphatic rings. The summed E-state index contributed by atoms with van der Waals surface area (Å²) in [6.07, 6.45) is 1.44. The van der Waals surface area contributed by atoms with Crippen molar-refractivity contribution in [1.29, 1.82) is 0 Å². The van der Waals surface area contributed by atoms with E-state index >= 15 is 0 Å². The number of hydrogen-bond donors (Lipinski definition) is 1. The van der Waals surface area contributed by atoms with Crippen LogP contribution in [-0.4, -0.2) is 46.7 Å². The normalized spacial score (nSPS) is 11.2. The lowest BCUT2D eigenvalue weighted by Gasteiger charge is -2.01. The van der Waals surface area contributed by atoms with Gasteiger partial charge in [0.1, 0.15) is 0 Å². The van der Waals surface area contributed by atoms with Gasteiger partial charge in [-0.25, -0.2) is 4.68 Å². The minimum Gasteiger partial charge on any atom is -0.365 e. The van der Waals surface area contributed by atoms with Crippen LogP contribution in [0.5, 0.6) is 0 Å². The predicted molar refractivity (Wildman–Crippen MR) is 68.6 cm³/mol. The third kappa shape index (κ3) is 2.48. The van der Waals surface area contributed by atoms with Gasteiger partial charge in [-0.3, -0.25) is 0 Å². The Bertz CT molecular complexity index is 712. The van der Waals surface area contributed by atoms with E-state index in [1.54, 1.807) is 4.68 Å². The topological polar surface area (TPSA) is 126 Å². The van der Waals surface area contributed by atoms with E-state index in [1.807, 2.05) is 30.3 Å². The van der Waals surface area contributed by atoms with Crippen molar-refractivity contribution < 1.29 is 0 Å². The third-order valence-electron chi connectivity index (χ3n) is 2.49. The highest BCUT2D eigenvalue weighted by molar-refractivity contribution is 5.74. The number of nitrogens with two attached hydrogens (primary N) is 1. The Hall–Kier alpha value is -3.17. The Kier molecular flexibility index (Phi) is 3.10. The molecule has 0 radical (unpaired) electrons. The standard InChI is InChI=1S/C10H10N10/c11-10-14-16-18-20(10)12-6-9-13-15-17-19(9)7-8-4-2-1-3-5-8/h1-6H,7H2,(H2,11,14,18)/b12-6+. The van der Waals surface area contributed by atoms with Crippen molar-refractivity contribution in [1.82, 2.24) is 40.5 Å². The zero-order valence-corrected chi connectivity index (χ0v) is 10.3. The van der Waals surface area contributed by atoms with Gasteiger partial charge in [0, 0.05) is 0 Å². The van der Waals surface area contributed by atoms with Crippen LogP contribution in [0.3, 0.4) is 0 Å². The number of benzene rings is 1. The highest BCUT2D eigenvalue weighted by Crippen LogP contribution is 2.02. The fraction of sp³-hybridized carbons (Fsp3) is 0.100. The van der Waals surface area contributed by atoms with Crippen molar-refractivity contribution >= 4 is 12.2 Å². The SMILES string of the molecule is Nc1nnnn1/N=C/c1nnnn1Cc1ccccc1. The summed E-state index contributed by atoms with van der Waals surface area (Å²) in [5, 5.41) is 25.9. The van der Waals surface area contributed by atoms with Crippen LogP contribution < -0.4 is 5.73 Å². The van der Waals surface area contributed by atoms with Gasteiger partial charge in [-0.15, -0.1) is 10.2 Å². The van der Waals surface area contributed by atoms with Crippen LogP contribution in [0.15, 0.2) is 35.4 Å². The Morgan fingerprint density at radius 1 is 1.10 bits per heavy atom. The van der Waals surface area contributed by atoms with Gasteiger partial charge in [0.05, 0.1) is 12.8 Å². The molecule has 0 fully saturated rings. The van der Waals surface area contributed by atoms with Gasteiger partial charge in [-0.1, -0.05) is 40.2 Å². The molecule has 20 heavy (non-hydrogen) atoms. The van der Waals surface area contributed by atoms with Gasteiger partial charge in [0.25, 0.3) is 5.95 Å². The van der Waals surface area contributed by atoms with Gasteiger partial charge in [-0.2, -0.15) is 0 Å². The third-order valence-corrected chi connectivity index (χ3v) is 2.49. The van der Waals surface area contributed by atoms with Crippen LogP contribution in [0.2, 0.25) is 0 Å². The molecule has 2 heterocycles. The van der Waals surface area contributed by atoms with Crippen LogP contribution in [-0.2, 0) is 6.54 Å².